The van der Waals surface area contributed by atoms with Crippen molar-refractivity contribution >= 4 is 0 Å². The lowest BCUT2D eigenvalue weighted by molar-refractivity contribution is -0.0277. The number of rotatable bonds is 6. The molecule has 2 heteroatoms. The van der Waals surface area contributed by atoms with Crippen molar-refractivity contribution in [3.05, 3.63) is 71.8 Å². The van der Waals surface area contributed by atoms with E-state index in [-0.39, 0.29) is 35.0 Å². The number of hydrogen-bond donors (Lipinski definition) is 1. The maximum atomic E-state index is 6.51. The summed E-state index contributed by atoms with van der Waals surface area (Å²) in [6, 6.07) is 22.7. The summed E-state index contributed by atoms with van der Waals surface area (Å²) in [6.45, 7) is 18.5. The van der Waals surface area contributed by atoms with Gasteiger partial charge in [0.15, 0.2) is 0 Å². The first-order valence-corrected chi connectivity index (χ1v) is 10.6. The lowest BCUT2D eigenvalue weighted by atomic mass is 9.74. The van der Waals surface area contributed by atoms with Crippen molar-refractivity contribution in [3.8, 4) is 0 Å². The fourth-order valence-corrected chi connectivity index (χ4v) is 4.40. The molecule has 2 unspecified atom stereocenters. The van der Waals surface area contributed by atoms with E-state index >= 15 is 0 Å². The highest BCUT2D eigenvalue weighted by Gasteiger charge is 2.43. The van der Waals surface area contributed by atoms with Crippen molar-refractivity contribution in [1.82, 2.24) is 4.90 Å². The number of nitrogens with two attached hydrogens (primary N) is 1. The van der Waals surface area contributed by atoms with Gasteiger partial charge in [0.1, 0.15) is 0 Å². The summed E-state index contributed by atoms with van der Waals surface area (Å²) in [5, 5.41) is 0. The Balaban J connectivity index is 2.74. The molecule has 2 aromatic carbocycles. The lowest BCUT2D eigenvalue weighted by Crippen LogP contribution is -2.53. The summed E-state index contributed by atoms with van der Waals surface area (Å²) in [4.78, 5) is 2.69. The molecule has 0 bridgehead atoms. The molecule has 0 saturated carbocycles. The Morgan fingerprint density at radius 1 is 0.643 bits per heavy atom. The van der Waals surface area contributed by atoms with Crippen molar-refractivity contribution < 1.29 is 0 Å². The van der Waals surface area contributed by atoms with Crippen LogP contribution in [0.3, 0.4) is 0 Å². The average molecular weight is 381 g/mol. The van der Waals surface area contributed by atoms with Gasteiger partial charge in [0.05, 0.1) is 0 Å². The molecule has 0 spiro atoms. The molecule has 0 aromatic heterocycles. The van der Waals surface area contributed by atoms with E-state index in [1.54, 1.807) is 0 Å². The largest absolute Gasteiger partial charge is 0.327 e. The predicted octanol–water partition coefficient (Wildman–Crippen LogP) is 6.60. The van der Waals surface area contributed by atoms with E-state index in [9.17, 15) is 0 Å². The molecule has 0 saturated heterocycles. The molecule has 28 heavy (non-hydrogen) atoms. The van der Waals surface area contributed by atoms with E-state index in [0.29, 0.717) is 0 Å². The topological polar surface area (TPSA) is 29.3 Å². The molecule has 2 aromatic rings. The molecule has 2 rings (SSSR count). The molecule has 2 nitrogen and oxygen atoms in total. The minimum absolute atomic E-state index is 0.0583. The van der Waals surface area contributed by atoms with Crippen LogP contribution in [0.4, 0.5) is 0 Å². The van der Waals surface area contributed by atoms with Gasteiger partial charge in [-0.05, 0) is 35.8 Å². The number of hydrogen-bond acceptors (Lipinski definition) is 2. The van der Waals surface area contributed by atoms with Gasteiger partial charge in [-0.1, -0.05) is 102 Å². The maximum absolute atomic E-state index is 6.51. The minimum Gasteiger partial charge on any atom is -0.327 e. The Kier molecular flexibility index (Phi) is 7.12. The van der Waals surface area contributed by atoms with Crippen LogP contribution in [0.25, 0.3) is 0 Å². The SMILES string of the molecule is CC(N)C(C)N([C@H](c1ccccc1)C(C)(C)C)[C@H](c1ccccc1)C(C)(C)C. The molecular formula is C26H40N2. The van der Waals surface area contributed by atoms with Crippen molar-refractivity contribution in [2.75, 3.05) is 0 Å². The molecule has 0 fully saturated rings. The van der Waals surface area contributed by atoms with Crippen LogP contribution >= 0.6 is 0 Å². The van der Waals surface area contributed by atoms with Crippen LogP contribution in [-0.4, -0.2) is 17.0 Å². The summed E-state index contributed by atoms with van der Waals surface area (Å²) in [5.74, 6) is 0. The Labute approximate surface area is 173 Å². The highest BCUT2D eigenvalue weighted by Crippen LogP contribution is 2.49. The van der Waals surface area contributed by atoms with E-state index in [1.165, 1.54) is 11.1 Å². The third kappa shape index (κ3) is 5.24. The second-order valence-corrected chi connectivity index (χ2v) is 10.4. The van der Waals surface area contributed by atoms with E-state index in [0.717, 1.165) is 0 Å². The molecule has 0 heterocycles. The number of nitrogens with zero attached hydrogens (tertiary/aromatic N) is 1. The molecule has 0 aliphatic carbocycles. The second kappa shape index (κ2) is 8.80. The molecule has 0 radical (unpaired) electrons. The summed E-state index contributed by atoms with van der Waals surface area (Å²) in [6.07, 6.45) is 0. The van der Waals surface area contributed by atoms with Crippen LogP contribution in [0.15, 0.2) is 60.7 Å². The van der Waals surface area contributed by atoms with Crippen LogP contribution in [0, 0.1) is 10.8 Å². The van der Waals surface area contributed by atoms with E-state index in [2.05, 4.69) is 121 Å². The molecule has 0 amide bonds. The molecular weight excluding hydrogens is 340 g/mol. The van der Waals surface area contributed by atoms with Gasteiger partial charge in [-0.2, -0.15) is 0 Å². The second-order valence-electron chi connectivity index (χ2n) is 10.4. The summed E-state index contributed by atoms with van der Waals surface area (Å²) < 4.78 is 0. The van der Waals surface area contributed by atoms with E-state index < -0.39 is 0 Å². The Morgan fingerprint density at radius 3 is 1.21 bits per heavy atom. The quantitative estimate of drug-likeness (QED) is 0.612. The minimum atomic E-state index is 0.0583. The molecule has 4 atom stereocenters. The third-order valence-corrected chi connectivity index (χ3v) is 5.70. The third-order valence-electron chi connectivity index (χ3n) is 5.70. The summed E-state index contributed by atoms with van der Waals surface area (Å²) in [7, 11) is 0. The Hall–Kier alpha value is -1.64. The Morgan fingerprint density at radius 2 is 0.964 bits per heavy atom. The van der Waals surface area contributed by atoms with Gasteiger partial charge in [-0.3, -0.25) is 4.90 Å². The van der Waals surface area contributed by atoms with Gasteiger partial charge >= 0.3 is 0 Å². The Bertz CT molecular complexity index is 650. The first-order chi connectivity index (χ1) is 12.9. The van der Waals surface area contributed by atoms with Gasteiger partial charge in [0.25, 0.3) is 0 Å². The van der Waals surface area contributed by atoms with Gasteiger partial charge in [-0.25, -0.2) is 0 Å². The predicted molar refractivity (Wildman–Crippen MR) is 122 cm³/mol. The zero-order chi connectivity index (χ0) is 21.1. The van der Waals surface area contributed by atoms with E-state index in [1.807, 2.05) is 0 Å². The molecule has 154 valence electrons. The van der Waals surface area contributed by atoms with Crippen LogP contribution in [0.1, 0.15) is 78.6 Å². The maximum Gasteiger partial charge on any atom is 0.0406 e. The van der Waals surface area contributed by atoms with Crippen LogP contribution < -0.4 is 5.73 Å². The van der Waals surface area contributed by atoms with E-state index in [4.69, 9.17) is 5.73 Å². The lowest BCUT2D eigenvalue weighted by Gasteiger charge is -2.52. The van der Waals surface area contributed by atoms with Crippen molar-refractivity contribution in [2.24, 2.45) is 16.6 Å². The first kappa shape index (κ1) is 22.6. The standard InChI is InChI=1S/C26H40N2/c1-19(27)20(2)28(23(25(3,4)5)21-15-11-9-12-16-21)24(26(6,7)8)22-17-13-10-14-18-22/h9-20,23-24H,27H2,1-8H3/t19?,20?,23-,24-/m1/s1. The fraction of sp³-hybridized carbons (Fsp3) is 0.538. The zero-order valence-corrected chi connectivity index (χ0v) is 19.1. The molecule has 0 aliphatic heterocycles. The summed E-state index contributed by atoms with van der Waals surface area (Å²) in [5.41, 5.74) is 9.34. The van der Waals surface area contributed by atoms with Gasteiger partial charge in [-0.15, -0.1) is 0 Å². The van der Waals surface area contributed by atoms with Crippen LogP contribution in [0.2, 0.25) is 0 Å². The van der Waals surface area contributed by atoms with Crippen molar-refractivity contribution in [2.45, 2.75) is 79.6 Å². The van der Waals surface area contributed by atoms with Crippen LogP contribution in [-0.2, 0) is 0 Å². The number of benzene rings is 2. The van der Waals surface area contributed by atoms with Gasteiger partial charge in [0, 0.05) is 24.2 Å². The average Bonchev–Trinajstić information content (AvgIpc) is 2.60. The highest BCUT2D eigenvalue weighted by atomic mass is 15.2. The highest BCUT2D eigenvalue weighted by molar-refractivity contribution is 5.26. The van der Waals surface area contributed by atoms with Gasteiger partial charge < -0.3 is 5.73 Å². The molecule has 2 N–H and O–H groups in total. The van der Waals surface area contributed by atoms with Crippen LogP contribution in [0.5, 0.6) is 0 Å². The zero-order valence-electron chi connectivity index (χ0n) is 19.1. The monoisotopic (exact) mass is 380 g/mol. The fourth-order valence-electron chi connectivity index (χ4n) is 4.40. The first-order valence-electron chi connectivity index (χ1n) is 10.6. The molecule has 0 aliphatic rings. The van der Waals surface area contributed by atoms with Crippen molar-refractivity contribution in [3.63, 3.8) is 0 Å². The smallest absolute Gasteiger partial charge is 0.0406 e. The summed E-state index contributed by atoms with van der Waals surface area (Å²) >= 11 is 0. The van der Waals surface area contributed by atoms with Gasteiger partial charge in [0.2, 0.25) is 0 Å². The van der Waals surface area contributed by atoms with Crippen molar-refractivity contribution in [1.29, 1.82) is 0 Å². The normalized spacial score (nSPS) is 17.2.